The predicted octanol–water partition coefficient (Wildman–Crippen LogP) is 3.09. The van der Waals surface area contributed by atoms with Crippen molar-refractivity contribution in [1.82, 2.24) is 10.3 Å². The fraction of sp³-hybridized carbons (Fsp3) is 0.571. The number of hydrogen-bond donors (Lipinski definition) is 2. The number of anilines is 1. The number of urea groups is 1. The first-order valence-corrected chi connectivity index (χ1v) is 6.71. The van der Waals surface area contributed by atoms with Crippen LogP contribution in [0.5, 0.6) is 0 Å². The van der Waals surface area contributed by atoms with Crippen molar-refractivity contribution in [2.45, 2.75) is 39.0 Å². The second-order valence-electron chi connectivity index (χ2n) is 5.06. The van der Waals surface area contributed by atoms with Gasteiger partial charge in [0.1, 0.15) is 5.82 Å². The van der Waals surface area contributed by atoms with E-state index in [4.69, 9.17) is 0 Å². The molecular weight excluding hydrogens is 226 g/mol. The van der Waals surface area contributed by atoms with Gasteiger partial charge in [0.15, 0.2) is 0 Å². The van der Waals surface area contributed by atoms with Crippen LogP contribution in [0.2, 0.25) is 0 Å². The first kappa shape index (κ1) is 12.9. The van der Waals surface area contributed by atoms with E-state index in [0.717, 1.165) is 12.1 Å². The van der Waals surface area contributed by atoms with Crippen LogP contribution in [-0.2, 0) is 0 Å². The van der Waals surface area contributed by atoms with Gasteiger partial charge >= 0.3 is 6.03 Å². The Morgan fingerprint density at radius 3 is 2.78 bits per heavy atom. The predicted molar refractivity (Wildman–Crippen MR) is 72.6 cm³/mol. The van der Waals surface area contributed by atoms with Crippen LogP contribution in [0.3, 0.4) is 0 Å². The fourth-order valence-electron chi connectivity index (χ4n) is 2.33. The number of pyridine rings is 1. The third-order valence-electron chi connectivity index (χ3n) is 3.43. The van der Waals surface area contributed by atoms with Gasteiger partial charge in [0, 0.05) is 12.7 Å². The lowest BCUT2D eigenvalue weighted by Crippen LogP contribution is -2.33. The van der Waals surface area contributed by atoms with Crippen molar-refractivity contribution in [3.05, 3.63) is 23.9 Å². The zero-order valence-electron chi connectivity index (χ0n) is 10.9. The maximum Gasteiger partial charge on any atom is 0.320 e. The third kappa shape index (κ3) is 4.02. The van der Waals surface area contributed by atoms with Gasteiger partial charge in [-0.3, -0.25) is 5.32 Å². The summed E-state index contributed by atoms with van der Waals surface area (Å²) in [5.41, 5.74) is 1.09. The summed E-state index contributed by atoms with van der Waals surface area (Å²) in [6, 6.07) is 3.59. The summed E-state index contributed by atoms with van der Waals surface area (Å²) >= 11 is 0. The summed E-state index contributed by atoms with van der Waals surface area (Å²) in [6.45, 7) is 2.75. The van der Waals surface area contributed by atoms with Gasteiger partial charge in [0.2, 0.25) is 0 Å². The molecule has 18 heavy (non-hydrogen) atoms. The maximum absolute atomic E-state index is 11.7. The highest BCUT2D eigenvalue weighted by atomic mass is 16.2. The molecule has 1 fully saturated rings. The van der Waals surface area contributed by atoms with E-state index < -0.39 is 0 Å². The molecule has 0 saturated heterocycles. The van der Waals surface area contributed by atoms with Crippen LogP contribution in [0, 0.1) is 12.8 Å². The lowest BCUT2D eigenvalue weighted by atomic mass is 9.89. The number of nitrogens with one attached hydrogen (secondary N) is 2. The van der Waals surface area contributed by atoms with Gasteiger partial charge in [-0.25, -0.2) is 9.78 Å². The Morgan fingerprint density at radius 2 is 2.11 bits per heavy atom. The molecular formula is C14H21N3O. The topological polar surface area (TPSA) is 54.0 Å². The molecule has 1 aliphatic carbocycles. The van der Waals surface area contributed by atoms with Crippen molar-refractivity contribution < 1.29 is 4.79 Å². The SMILES string of the molecule is Cc1ccc(NC(=O)NCC2CCCCC2)nc1. The van der Waals surface area contributed by atoms with Gasteiger partial charge in [0.25, 0.3) is 0 Å². The number of hydrogen-bond acceptors (Lipinski definition) is 2. The third-order valence-corrected chi connectivity index (χ3v) is 3.43. The Bertz CT molecular complexity index is 383. The van der Waals surface area contributed by atoms with E-state index in [-0.39, 0.29) is 6.03 Å². The fourth-order valence-corrected chi connectivity index (χ4v) is 2.33. The lowest BCUT2D eigenvalue weighted by molar-refractivity contribution is 0.247. The molecule has 0 aliphatic heterocycles. The quantitative estimate of drug-likeness (QED) is 0.862. The van der Waals surface area contributed by atoms with Gasteiger partial charge in [-0.1, -0.05) is 25.3 Å². The number of aromatic nitrogens is 1. The van der Waals surface area contributed by atoms with Crippen LogP contribution in [-0.4, -0.2) is 17.6 Å². The number of carbonyl (C=O) groups excluding carboxylic acids is 1. The van der Waals surface area contributed by atoms with Gasteiger partial charge in [-0.15, -0.1) is 0 Å². The first-order chi connectivity index (χ1) is 8.74. The van der Waals surface area contributed by atoms with Crippen molar-refractivity contribution in [2.75, 3.05) is 11.9 Å². The minimum absolute atomic E-state index is 0.156. The second-order valence-corrected chi connectivity index (χ2v) is 5.06. The van der Waals surface area contributed by atoms with E-state index in [1.807, 2.05) is 19.1 Å². The van der Waals surface area contributed by atoms with Crippen molar-refractivity contribution in [3.8, 4) is 0 Å². The van der Waals surface area contributed by atoms with Gasteiger partial charge in [-0.05, 0) is 37.3 Å². The van der Waals surface area contributed by atoms with Crippen LogP contribution in [0.25, 0.3) is 0 Å². The molecule has 4 nitrogen and oxygen atoms in total. The highest BCUT2D eigenvalue weighted by Crippen LogP contribution is 2.22. The largest absolute Gasteiger partial charge is 0.338 e. The Balaban J connectivity index is 1.73. The van der Waals surface area contributed by atoms with E-state index in [0.29, 0.717) is 11.7 Å². The summed E-state index contributed by atoms with van der Waals surface area (Å²) in [5, 5.41) is 5.67. The van der Waals surface area contributed by atoms with Gasteiger partial charge in [-0.2, -0.15) is 0 Å². The Hall–Kier alpha value is -1.58. The smallest absolute Gasteiger partial charge is 0.320 e. The number of carbonyl (C=O) groups is 1. The molecule has 1 aromatic rings. The molecule has 2 amide bonds. The van der Waals surface area contributed by atoms with E-state index in [1.165, 1.54) is 32.1 Å². The van der Waals surface area contributed by atoms with Crippen molar-refractivity contribution in [1.29, 1.82) is 0 Å². The van der Waals surface area contributed by atoms with Crippen molar-refractivity contribution >= 4 is 11.8 Å². The minimum atomic E-state index is -0.156. The first-order valence-electron chi connectivity index (χ1n) is 6.71. The summed E-state index contributed by atoms with van der Waals surface area (Å²) in [4.78, 5) is 15.8. The molecule has 2 rings (SSSR count). The van der Waals surface area contributed by atoms with Gasteiger partial charge < -0.3 is 5.32 Å². The van der Waals surface area contributed by atoms with E-state index in [1.54, 1.807) is 6.20 Å². The summed E-state index contributed by atoms with van der Waals surface area (Å²) in [5.74, 6) is 1.25. The average Bonchev–Trinajstić information content (AvgIpc) is 2.40. The molecule has 0 radical (unpaired) electrons. The highest BCUT2D eigenvalue weighted by molar-refractivity contribution is 5.88. The standard InChI is InChI=1S/C14H21N3O/c1-11-7-8-13(15-9-11)17-14(18)16-10-12-5-3-2-4-6-12/h7-9,12H,2-6,10H2,1H3,(H2,15,16,17,18). The number of nitrogens with zero attached hydrogens (tertiary/aromatic N) is 1. The number of rotatable bonds is 3. The second kappa shape index (κ2) is 6.38. The maximum atomic E-state index is 11.7. The van der Waals surface area contributed by atoms with Gasteiger partial charge in [0.05, 0.1) is 0 Å². The summed E-state index contributed by atoms with van der Waals surface area (Å²) in [6.07, 6.45) is 8.17. The van der Waals surface area contributed by atoms with E-state index in [9.17, 15) is 4.79 Å². The molecule has 0 bridgehead atoms. The Morgan fingerprint density at radius 1 is 1.33 bits per heavy atom. The van der Waals surface area contributed by atoms with Crippen LogP contribution in [0.1, 0.15) is 37.7 Å². The Kier molecular flexibility index (Phi) is 4.56. The Labute approximate surface area is 108 Å². The molecule has 0 spiro atoms. The molecule has 1 heterocycles. The van der Waals surface area contributed by atoms with E-state index >= 15 is 0 Å². The number of aryl methyl sites for hydroxylation is 1. The minimum Gasteiger partial charge on any atom is -0.338 e. The molecule has 1 aliphatic rings. The molecule has 2 N–H and O–H groups in total. The monoisotopic (exact) mass is 247 g/mol. The van der Waals surface area contributed by atoms with Crippen molar-refractivity contribution in [3.63, 3.8) is 0 Å². The molecule has 1 saturated carbocycles. The van der Waals surface area contributed by atoms with Crippen LogP contribution in [0.15, 0.2) is 18.3 Å². The summed E-state index contributed by atoms with van der Waals surface area (Å²) < 4.78 is 0. The average molecular weight is 247 g/mol. The molecule has 0 atom stereocenters. The molecule has 98 valence electrons. The van der Waals surface area contributed by atoms with E-state index in [2.05, 4.69) is 15.6 Å². The zero-order valence-corrected chi connectivity index (χ0v) is 10.9. The number of amides is 2. The lowest BCUT2D eigenvalue weighted by Gasteiger charge is -2.21. The van der Waals surface area contributed by atoms with Crippen molar-refractivity contribution in [2.24, 2.45) is 5.92 Å². The van der Waals surface area contributed by atoms with Crippen LogP contribution < -0.4 is 10.6 Å². The van der Waals surface area contributed by atoms with Crippen LogP contribution in [0.4, 0.5) is 10.6 Å². The highest BCUT2D eigenvalue weighted by Gasteiger charge is 2.14. The zero-order chi connectivity index (χ0) is 12.8. The summed E-state index contributed by atoms with van der Waals surface area (Å²) in [7, 11) is 0. The molecule has 0 unspecified atom stereocenters. The molecule has 0 aromatic carbocycles. The van der Waals surface area contributed by atoms with Crippen LogP contribution >= 0.6 is 0 Å². The molecule has 1 aromatic heterocycles. The normalized spacial score (nSPS) is 16.3. The molecule has 4 heteroatoms.